The van der Waals surface area contributed by atoms with E-state index in [0.29, 0.717) is 12.3 Å². The summed E-state index contributed by atoms with van der Waals surface area (Å²) >= 11 is 6.17. The Bertz CT molecular complexity index is 839. The Kier molecular flexibility index (Phi) is 9.05. The number of hydrogen-bond donors (Lipinski definition) is 2. The minimum atomic E-state index is -3.64. The average Bonchev–Trinajstić information content (AvgIpc) is 2.59. The SMILES string of the molecule is Cc1ccc(S(=O)(=O)c2ccc(OCC(O)CNC(C)C)c(Cl)c2)cc1.Cl. The Balaban J connectivity index is 0.00000364. The number of nitrogens with one attached hydrogen (secondary N) is 1. The summed E-state index contributed by atoms with van der Waals surface area (Å²) in [5.41, 5.74) is 0.983. The molecular weight excluding hydrogens is 409 g/mol. The molecule has 0 fully saturated rings. The summed E-state index contributed by atoms with van der Waals surface area (Å²) in [7, 11) is -3.64. The molecular formula is C19H25Cl2NO4S. The van der Waals surface area contributed by atoms with E-state index in [4.69, 9.17) is 16.3 Å². The smallest absolute Gasteiger partial charge is 0.206 e. The summed E-state index contributed by atoms with van der Waals surface area (Å²) in [6.45, 7) is 6.32. The summed E-state index contributed by atoms with van der Waals surface area (Å²) < 4.78 is 30.9. The maximum atomic E-state index is 12.7. The molecule has 150 valence electrons. The molecule has 0 aliphatic heterocycles. The van der Waals surface area contributed by atoms with Gasteiger partial charge in [0.15, 0.2) is 0 Å². The topological polar surface area (TPSA) is 75.6 Å². The zero-order chi connectivity index (χ0) is 19.3. The van der Waals surface area contributed by atoms with Crippen LogP contribution in [0.4, 0.5) is 0 Å². The van der Waals surface area contributed by atoms with E-state index in [1.807, 2.05) is 20.8 Å². The third-order valence-electron chi connectivity index (χ3n) is 3.74. The van der Waals surface area contributed by atoms with Crippen LogP contribution in [0, 0.1) is 6.92 Å². The van der Waals surface area contributed by atoms with E-state index in [2.05, 4.69) is 5.32 Å². The molecule has 2 aromatic rings. The Labute approximate surface area is 172 Å². The van der Waals surface area contributed by atoms with E-state index in [9.17, 15) is 13.5 Å². The molecule has 0 aliphatic rings. The third-order valence-corrected chi connectivity index (χ3v) is 5.80. The van der Waals surface area contributed by atoms with Crippen LogP contribution in [0.5, 0.6) is 5.75 Å². The number of halogens is 2. The second-order valence-corrected chi connectivity index (χ2v) is 8.79. The molecule has 1 unspecified atom stereocenters. The first-order chi connectivity index (χ1) is 12.2. The van der Waals surface area contributed by atoms with Gasteiger partial charge in [-0.05, 0) is 37.3 Å². The van der Waals surface area contributed by atoms with Gasteiger partial charge in [-0.3, -0.25) is 0 Å². The van der Waals surface area contributed by atoms with E-state index in [-0.39, 0.29) is 39.9 Å². The maximum Gasteiger partial charge on any atom is 0.206 e. The quantitative estimate of drug-likeness (QED) is 0.664. The number of aliphatic hydroxyl groups excluding tert-OH is 1. The molecule has 5 nitrogen and oxygen atoms in total. The molecule has 2 N–H and O–H groups in total. The van der Waals surface area contributed by atoms with Gasteiger partial charge in [-0.2, -0.15) is 0 Å². The van der Waals surface area contributed by atoms with Crippen molar-refractivity contribution < 1.29 is 18.3 Å². The van der Waals surface area contributed by atoms with Gasteiger partial charge in [0.1, 0.15) is 18.5 Å². The number of hydrogen-bond acceptors (Lipinski definition) is 5. The van der Waals surface area contributed by atoms with Crippen molar-refractivity contribution in [3.05, 3.63) is 53.1 Å². The molecule has 8 heteroatoms. The van der Waals surface area contributed by atoms with Crippen LogP contribution in [-0.4, -0.2) is 38.8 Å². The van der Waals surface area contributed by atoms with Gasteiger partial charge in [0.25, 0.3) is 0 Å². The van der Waals surface area contributed by atoms with Crippen molar-refractivity contribution in [3.63, 3.8) is 0 Å². The highest BCUT2D eigenvalue weighted by atomic mass is 35.5. The largest absolute Gasteiger partial charge is 0.489 e. The van der Waals surface area contributed by atoms with Crippen LogP contribution >= 0.6 is 24.0 Å². The van der Waals surface area contributed by atoms with Crippen molar-refractivity contribution in [1.82, 2.24) is 5.32 Å². The van der Waals surface area contributed by atoms with Gasteiger partial charge in [-0.15, -0.1) is 12.4 Å². The van der Waals surface area contributed by atoms with Gasteiger partial charge < -0.3 is 15.2 Å². The van der Waals surface area contributed by atoms with Crippen molar-refractivity contribution in [2.45, 2.75) is 42.7 Å². The normalized spacial score (nSPS) is 12.5. The summed E-state index contributed by atoms with van der Waals surface area (Å²) in [6, 6.07) is 11.2. The molecule has 2 aromatic carbocycles. The number of aliphatic hydroxyl groups is 1. The zero-order valence-electron chi connectivity index (χ0n) is 15.5. The first-order valence-corrected chi connectivity index (χ1v) is 10.2. The van der Waals surface area contributed by atoms with Gasteiger partial charge in [-0.1, -0.05) is 43.1 Å². The van der Waals surface area contributed by atoms with Crippen molar-refractivity contribution in [2.75, 3.05) is 13.2 Å². The third kappa shape index (κ3) is 6.66. The lowest BCUT2D eigenvalue weighted by Gasteiger charge is -2.16. The monoisotopic (exact) mass is 433 g/mol. The predicted molar refractivity (Wildman–Crippen MR) is 110 cm³/mol. The van der Waals surface area contributed by atoms with E-state index in [1.54, 1.807) is 24.3 Å². The molecule has 0 saturated heterocycles. The lowest BCUT2D eigenvalue weighted by Crippen LogP contribution is -2.35. The standard InChI is InChI=1S/C19H24ClNO4S.ClH/c1-13(2)21-11-15(22)12-25-19-9-8-17(10-18(19)20)26(23,24)16-6-4-14(3)5-7-16;/h4-10,13,15,21-22H,11-12H2,1-3H3;1H. The Hall–Kier alpha value is -1.31. The zero-order valence-corrected chi connectivity index (χ0v) is 17.9. The van der Waals surface area contributed by atoms with E-state index >= 15 is 0 Å². The van der Waals surface area contributed by atoms with Crippen molar-refractivity contribution in [1.29, 1.82) is 0 Å². The number of benzene rings is 2. The van der Waals surface area contributed by atoms with Crippen molar-refractivity contribution >= 4 is 33.8 Å². The highest BCUT2D eigenvalue weighted by Crippen LogP contribution is 2.30. The van der Waals surface area contributed by atoms with Crippen LogP contribution in [0.2, 0.25) is 5.02 Å². The molecule has 2 rings (SSSR count). The van der Waals surface area contributed by atoms with Crippen LogP contribution in [-0.2, 0) is 9.84 Å². The fraction of sp³-hybridized carbons (Fsp3) is 0.368. The van der Waals surface area contributed by atoms with Crippen LogP contribution in [0.25, 0.3) is 0 Å². The average molecular weight is 434 g/mol. The Morgan fingerprint density at radius 1 is 1.11 bits per heavy atom. The van der Waals surface area contributed by atoms with Gasteiger partial charge >= 0.3 is 0 Å². The second-order valence-electron chi connectivity index (χ2n) is 6.44. The first kappa shape index (κ1) is 23.7. The van der Waals surface area contributed by atoms with Crippen LogP contribution in [0.15, 0.2) is 52.3 Å². The Morgan fingerprint density at radius 2 is 1.70 bits per heavy atom. The summed E-state index contributed by atoms with van der Waals surface area (Å²) in [6.07, 6.45) is -0.690. The molecule has 0 spiro atoms. The Morgan fingerprint density at radius 3 is 2.26 bits per heavy atom. The van der Waals surface area contributed by atoms with E-state index in [0.717, 1.165) is 5.56 Å². The van der Waals surface area contributed by atoms with Crippen LogP contribution < -0.4 is 10.1 Å². The molecule has 0 heterocycles. The highest BCUT2D eigenvalue weighted by Gasteiger charge is 2.19. The fourth-order valence-corrected chi connectivity index (χ4v) is 3.82. The molecule has 1 atom stereocenters. The number of rotatable bonds is 8. The van der Waals surface area contributed by atoms with E-state index in [1.165, 1.54) is 18.2 Å². The highest BCUT2D eigenvalue weighted by molar-refractivity contribution is 7.91. The predicted octanol–water partition coefficient (Wildman–Crippen LogP) is 3.64. The molecule has 27 heavy (non-hydrogen) atoms. The lowest BCUT2D eigenvalue weighted by molar-refractivity contribution is 0.104. The first-order valence-electron chi connectivity index (χ1n) is 8.35. The molecule has 0 saturated carbocycles. The van der Waals surface area contributed by atoms with Gasteiger partial charge in [0.05, 0.1) is 14.8 Å². The second kappa shape index (κ2) is 10.3. The maximum absolute atomic E-state index is 12.7. The van der Waals surface area contributed by atoms with Gasteiger partial charge in [0, 0.05) is 12.6 Å². The van der Waals surface area contributed by atoms with Crippen LogP contribution in [0.1, 0.15) is 19.4 Å². The summed E-state index contributed by atoms with van der Waals surface area (Å²) in [5, 5.41) is 13.2. The van der Waals surface area contributed by atoms with Gasteiger partial charge in [0.2, 0.25) is 9.84 Å². The summed E-state index contributed by atoms with van der Waals surface area (Å²) in [4.78, 5) is 0.309. The minimum absolute atomic E-state index is 0. The van der Waals surface area contributed by atoms with Crippen molar-refractivity contribution in [3.8, 4) is 5.75 Å². The molecule has 0 bridgehead atoms. The van der Waals surface area contributed by atoms with Crippen molar-refractivity contribution in [2.24, 2.45) is 0 Å². The van der Waals surface area contributed by atoms with Gasteiger partial charge in [-0.25, -0.2) is 8.42 Å². The lowest BCUT2D eigenvalue weighted by atomic mass is 10.2. The molecule has 0 amide bonds. The van der Waals surface area contributed by atoms with E-state index < -0.39 is 15.9 Å². The minimum Gasteiger partial charge on any atom is -0.489 e. The number of aryl methyl sites for hydroxylation is 1. The number of ether oxygens (including phenoxy) is 1. The molecule has 0 radical (unpaired) electrons. The fourth-order valence-electron chi connectivity index (χ4n) is 2.24. The number of sulfone groups is 1. The molecule has 0 aromatic heterocycles. The molecule has 0 aliphatic carbocycles. The summed E-state index contributed by atoms with van der Waals surface area (Å²) in [5.74, 6) is 0.332. The van der Waals surface area contributed by atoms with Crippen LogP contribution in [0.3, 0.4) is 0 Å².